The van der Waals surface area contributed by atoms with E-state index in [4.69, 9.17) is 10.7 Å². The van der Waals surface area contributed by atoms with E-state index in [0.29, 0.717) is 0 Å². The standard InChI is InChI=1S/C9H7ClFN3O2S/c10-17(15,16)4-7-1-2-9(8(11)3-7)14-6-12-5-13-14/h1-3,5-6H,4H2. The Morgan fingerprint density at radius 1 is 1.41 bits per heavy atom. The molecule has 0 fully saturated rings. The van der Waals surface area contributed by atoms with Crippen molar-refractivity contribution in [2.24, 2.45) is 0 Å². The first-order valence-electron chi connectivity index (χ1n) is 4.51. The predicted octanol–water partition coefficient (Wildman–Crippen LogP) is 1.47. The maximum absolute atomic E-state index is 13.7. The average Bonchev–Trinajstić information content (AvgIpc) is 2.68. The Kier molecular flexibility index (Phi) is 3.12. The maximum Gasteiger partial charge on any atom is 0.236 e. The molecule has 8 heteroatoms. The Labute approximate surface area is 101 Å². The molecule has 17 heavy (non-hydrogen) atoms. The molecule has 0 atom stereocenters. The van der Waals surface area contributed by atoms with Crippen LogP contribution in [0.5, 0.6) is 0 Å². The summed E-state index contributed by atoms with van der Waals surface area (Å²) in [6.07, 6.45) is 2.62. The fourth-order valence-corrected chi connectivity index (χ4v) is 2.31. The van der Waals surface area contributed by atoms with Crippen LogP contribution in [0.4, 0.5) is 4.39 Å². The van der Waals surface area contributed by atoms with Crippen LogP contribution in [0.3, 0.4) is 0 Å². The van der Waals surface area contributed by atoms with Gasteiger partial charge in [0.25, 0.3) is 0 Å². The molecule has 0 amide bonds. The van der Waals surface area contributed by atoms with Crippen molar-refractivity contribution in [2.45, 2.75) is 5.75 Å². The van der Waals surface area contributed by atoms with E-state index in [2.05, 4.69) is 10.1 Å². The topological polar surface area (TPSA) is 64.8 Å². The first-order chi connectivity index (χ1) is 7.96. The molecule has 0 aliphatic carbocycles. The molecule has 0 N–H and O–H groups in total. The van der Waals surface area contributed by atoms with Gasteiger partial charge in [-0.25, -0.2) is 22.5 Å². The number of rotatable bonds is 3. The zero-order valence-electron chi connectivity index (χ0n) is 8.42. The maximum atomic E-state index is 13.7. The number of hydrogen-bond donors (Lipinski definition) is 0. The van der Waals surface area contributed by atoms with E-state index in [0.717, 1.165) is 6.07 Å². The van der Waals surface area contributed by atoms with Crippen molar-refractivity contribution < 1.29 is 12.8 Å². The zero-order valence-corrected chi connectivity index (χ0v) is 9.99. The van der Waals surface area contributed by atoms with Crippen molar-refractivity contribution in [3.8, 4) is 5.69 Å². The molecule has 0 aliphatic heterocycles. The van der Waals surface area contributed by atoms with Gasteiger partial charge in [0.05, 0.1) is 5.75 Å². The van der Waals surface area contributed by atoms with Gasteiger partial charge in [-0.1, -0.05) is 6.07 Å². The minimum atomic E-state index is -3.69. The predicted molar refractivity (Wildman–Crippen MR) is 59.8 cm³/mol. The van der Waals surface area contributed by atoms with E-state index in [9.17, 15) is 12.8 Å². The molecule has 0 saturated heterocycles. The lowest BCUT2D eigenvalue weighted by molar-refractivity contribution is 0.604. The molecule has 0 saturated carbocycles. The number of benzene rings is 1. The van der Waals surface area contributed by atoms with E-state index in [1.54, 1.807) is 0 Å². The summed E-state index contributed by atoms with van der Waals surface area (Å²) in [6, 6.07) is 4.00. The van der Waals surface area contributed by atoms with Crippen molar-refractivity contribution in [3.05, 3.63) is 42.2 Å². The Hall–Kier alpha value is -1.47. The molecule has 0 spiro atoms. The third-order valence-corrected chi connectivity index (χ3v) is 3.02. The van der Waals surface area contributed by atoms with E-state index < -0.39 is 20.6 Å². The van der Waals surface area contributed by atoms with E-state index in [-0.39, 0.29) is 11.3 Å². The second-order valence-electron chi connectivity index (χ2n) is 3.31. The van der Waals surface area contributed by atoms with Gasteiger partial charge >= 0.3 is 0 Å². The summed E-state index contributed by atoms with van der Waals surface area (Å²) >= 11 is 0. The highest BCUT2D eigenvalue weighted by Crippen LogP contribution is 2.16. The molecule has 2 rings (SSSR count). The van der Waals surface area contributed by atoms with Gasteiger partial charge in [-0.05, 0) is 17.7 Å². The first kappa shape index (κ1) is 12.0. The van der Waals surface area contributed by atoms with Gasteiger partial charge in [0.2, 0.25) is 9.05 Å². The van der Waals surface area contributed by atoms with Crippen LogP contribution in [-0.4, -0.2) is 23.2 Å². The summed E-state index contributed by atoms with van der Waals surface area (Å²) in [7, 11) is 1.39. The largest absolute Gasteiger partial charge is 0.236 e. The second kappa shape index (κ2) is 4.42. The first-order valence-corrected chi connectivity index (χ1v) is 6.99. The van der Waals surface area contributed by atoms with Gasteiger partial charge in [0.1, 0.15) is 24.2 Å². The van der Waals surface area contributed by atoms with E-state index in [1.165, 1.54) is 29.5 Å². The minimum Gasteiger partial charge on any atom is -0.223 e. The van der Waals surface area contributed by atoms with Crippen LogP contribution in [0.1, 0.15) is 5.56 Å². The number of aromatic nitrogens is 3. The lowest BCUT2D eigenvalue weighted by Crippen LogP contribution is -2.01. The van der Waals surface area contributed by atoms with Crippen LogP contribution in [-0.2, 0) is 14.8 Å². The van der Waals surface area contributed by atoms with Gasteiger partial charge in [-0.15, -0.1) is 0 Å². The fraction of sp³-hybridized carbons (Fsp3) is 0.111. The fourth-order valence-electron chi connectivity index (χ4n) is 1.36. The molecule has 0 aliphatic rings. The molecule has 1 heterocycles. The van der Waals surface area contributed by atoms with Crippen LogP contribution in [0, 0.1) is 5.82 Å². The molecule has 90 valence electrons. The number of nitrogens with zero attached hydrogens (tertiary/aromatic N) is 3. The molecule has 0 bridgehead atoms. The summed E-state index contributed by atoms with van der Waals surface area (Å²) in [5.74, 6) is -1.00. The van der Waals surface area contributed by atoms with Crippen LogP contribution in [0.15, 0.2) is 30.9 Å². The van der Waals surface area contributed by atoms with Crippen LogP contribution < -0.4 is 0 Å². The molecule has 1 aromatic carbocycles. The van der Waals surface area contributed by atoms with Crippen molar-refractivity contribution in [1.82, 2.24) is 14.8 Å². The average molecular weight is 276 g/mol. The zero-order chi connectivity index (χ0) is 12.5. The molecule has 0 radical (unpaired) electrons. The molecule has 5 nitrogen and oxygen atoms in total. The Morgan fingerprint density at radius 3 is 2.71 bits per heavy atom. The highest BCUT2D eigenvalue weighted by Gasteiger charge is 2.11. The highest BCUT2D eigenvalue weighted by molar-refractivity contribution is 8.13. The Bertz CT molecular complexity index is 628. The molecule has 1 aromatic heterocycles. The van der Waals surface area contributed by atoms with Crippen molar-refractivity contribution >= 4 is 19.7 Å². The summed E-state index contributed by atoms with van der Waals surface area (Å²) in [4.78, 5) is 3.69. The highest BCUT2D eigenvalue weighted by atomic mass is 35.7. The van der Waals surface area contributed by atoms with Crippen molar-refractivity contribution in [2.75, 3.05) is 0 Å². The summed E-state index contributed by atoms with van der Waals surface area (Å²) in [5.41, 5.74) is 0.472. The van der Waals surface area contributed by atoms with Crippen molar-refractivity contribution in [1.29, 1.82) is 0 Å². The summed E-state index contributed by atoms with van der Waals surface area (Å²) in [6.45, 7) is 0. The normalized spacial score (nSPS) is 11.6. The molecular formula is C9H7ClFN3O2S. The van der Waals surface area contributed by atoms with Crippen molar-refractivity contribution in [3.63, 3.8) is 0 Å². The van der Waals surface area contributed by atoms with Crippen LogP contribution in [0.2, 0.25) is 0 Å². The van der Waals surface area contributed by atoms with E-state index >= 15 is 0 Å². The van der Waals surface area contributed by atoms with Gasteiger partial charge in [-0.3, -0.25) is 0 Å². The lowest BCUT2D eigenvalue weighted by Gasteiger charge is -2.04. The SMILES string of the molecule is O=S(=O)(Cl)Cc1ccc(-n2cncn2)c(F)c1. The third kappa shape index (κ3) is 3.01. The third-order valence-electron chi connectivity index (χ3n) is 2.02. The Morgan fingerprint density at radius 2 is 2.18 bits per heavy atom. The number of halogens is 2. The quantitative estimate of drug-likeness (QED) is 0.796. The Balaban J connectivity index is 2.36. The summed E-state index contributed by atoms with van der Waals surface area (Å²) < 4.78 is 36.6. The summed E-state index contributed by atoms with van der Waals surface area (Å²) in [5, 5.41) is 3.77. The van der Waals surface area contributed by atoms with Gasteiger partial charge in [0.15, 0.2) is 0 Å². The van der Waals surface area contributed by atoms with Gasteiger partial charge < -0.3 is 0 Å². The van der Waals surface area contributed by atoms with Crippen LogP contribution >= 0.6 is 10.7 Å². The van der Waals surface area contributed by atoms with E-state index in [1.807, 2.05) is 0 Å². The van der Waals surface area contributed by atoms with Gasteiger partial charge in [-0.2, -0.15) is 5.10 Å². The molecular weight excluding hydrogens is 269 g/mol. The second-order valence-corrected chi connectivity index (χ2v) is 6.09. The molecule has 0 unspecified atom stereocenters. The molecule has 2 aromatic rings. The van der Waals surface area contributed by atoms with Gasteiger partial charge in [0, 0.05) is 10.7 Å². The monoisotopic (exact) mass is 275 g/mol. The number of hydrogen-bond acceptors (Lipinski definition) is 4. The lowest BCUT2D eigenvalue weighted by atomic mass is 10.2. The smallest absolute Gasteiger partial charge is 0.223 e. The van der Waals surface area contributed by atoms with Crippen LogP contribution in [0.25, 0.3) is 5.69 Å². The minimum absolute atomic E-state index is 0.193.